The van der Waals surface area contributed by atoms with Gasteiger partial charge in [0.25, 0.3) is 10.0 Å². The van der Waals surface area contributed by atoms with Crippen molar-refractivity contribution in [2.75, 3.05) is 16.3 Å². The molecule has 0 aromatic heterocycles. The minimum absolute atomic E-state index is 0.276. The number of rotatable bonds is 3. The number of aryl methyl sites for hydroxylation is 1. The fourth-order valence-corrected chi connectivity index (χ4v) is 4.14. The second-order valence-corrected chi connectivity index (χ2v) is 6.84. The zero-order valence-corrected chi connectivity index (χ0v) is 12.3. The van der Waals surface area contributed by atoms with Crippen molar-refractivity contribution in [3.8, 4) is 0 Å². The summed E-state index contributed by atoms with van der Waals surface area (Å²) in [4.78, 5) is 0.276. The van der Waals surface area contributed by atoms with Crippen molar-refractivity contribution < 1.29 is 8.42 Å². The van der Waals surface area contributed by atoms with Gasteiger partial charge in [0.05, 0.1) is 10.6 Å². The number of hydrazine groups is 1. The van der Waals surface area contributed by atoms with Crippen LogP contribution in [0.4, 0.5) is 11.4 Å². The number of nitrogens with one attached hydrogen (secondary N) is 1. The van der Waals surface area contributed by atoms with Gasteiger partial charge in [-0.1, -0.05) is 18.2 Å². The Kier molecular flexibility index (Phi) is 3.57. The Hall–Kier alpha value is -2.05. The largest absolute Gasteiger partial charge is 0.324 e. The molecule has 1 heterocycles. The number of benzene rings is 2. The van der Waals surface area contributed by atoms with Gasteiger partial charge in [0.1, 0.15) is 0 Å². The van der Waals surface area contributed by atoms with Crippen molar-refractivity contribution in [2.24, 2.45) is 5.84 Å². The Labute approximate surface area is 124 Å². The lowest BCUT2D eigenvalue weighted by molar-refractivity contribution is 0.586. The molecule has 0 spiro atoms. The van der Waals surface area contributed by atoms with E-state index in [9.17, 15) is 8.42 Å². The summed E-state index contributed by atoms with van der Waals surface area (Å²) in [5.74, 6) is 5.31. The second kappa shape index (κ2) is 5.38. The van der Waals surface area contributed by atoms with Crippen molar-refractivity contribution >= 4 is 21.4 Å². The van der Waals surface area contributed by atoms with E-state index in [-0.39, 0.29) is 4.90 Å². The zero-order chi connectivity index (χ0) is 14.9. The van der Waals surface area contributed by atoms with Gasteiger partial charge in [-0.15, -0.1) is 0 Å². The standard InChI is InChI=1S/C15H17N3O2S/c16-17-13-7-9-14(10-8-13)21(19,20)18-11-3-5-12-4-1-2-6-15(12)18/h1-2,4,6-10,17H,3,5,11,16H2. The molecule has 0 unspecified atom stereocenters. The third-order valence-electron chi connectivity index (χ3n) is 3.68. The molecule has 0 atom stereocenters. The topological polar surface area (TPSA) is 75.4 Å². The summed E-state index contributed by atoms with van der Waals surface area (Å²) in [7, 11) is -3.54. The van der Waals surface area contributed by atoms with Gasteiger partial charge < -0.3 is 5.43 Å². The number of nitrogens with zero attached hydrogens (tertiary/aromatic N) is 1. The molecule has 0 fully saturated rings. The monoisotopic (exact) mass is 303 g/mol. The van der Waals surface area contributed by atoms with Crippen LogP contribution in [-0.2, 0) is 16.4 Å². The van der Waals surface area contributed by atoms with Crippen LogP contribution < -0.4 is 15.6 Å². The first kappa shape index (κ1) is 13.9. The lowest BCUT2D eigenvalue weighted by atomic mass is 10.0. The number of nitrogens with two attached hydrogens (primary N) is 1. The van der Waals surface area contributed by atoms with Crippen LogP contribution in [0.3, 0.4) is 0 Å². The van der Waals surface area contributed by atoms with Crippen molar-refractivity contribution in [3.63, 3.8) is 0 Å². The van der Waals surface area contributed by atoms with Crippen LogP contribution in [0.1, 0.15) is 12.0 Å². The highest BCUT2D eigenvalue weighted by Gasteiger charge is 2.28. The molecule has 110 valence electrons. The number of nitrogen functional groups attached to an aromatic ring is 1. The minimum Gasteiger partial charge on any atom is -0.324 e. The van der Waals surface area contributed by atoms with Crippen LogP contribution in [0.25, 0.3) is 0 Å². The van der Waals surface area contributed by atoms with E-state index in [2.05, 4.69) is 5.43 Å². The molecule has 6 heteroatoms. The van der Waals surface area contributed by atoms with Crippen molar-refractivity contribution in [3.05, 3.63) is 54.1 Å². The number of hydrogen-bond acceptors (Lipinski definition) is 4. The van der Waals surface area contributed by atoms with Crippen molar-refractivity contribution in [2.45, 2.75) is 17.7 Å². The quantitative estimate of drug-likeness (QED) is 0.672. The maximum atomic E-state index is 12.8. The van der Waals surface area contributed by atoms with E-state index in [1.54, 1.807) is 24.3 Å². The Morgan fingerprint density at radius 3 is 2.48 bits per heavy atom. The Bertz CT molecular complexity index is 742. The van der Waals surface area contributed by atoms with E-state index in [1.807, 2.05) is 24.3 Å². The average Bonchev–Trinajstić information content (AvgIpc) is 2.54. The molecular weight excluding hydrogens is 286 g/mol. The van der Waals surface area contributed by atoms with Crippen molar-refractivity contribution in [1.29, 1.82) is 0 Å². The number of para-hydroxylation sites is 1. The maximum Gasteiger partial charge on any atom is 0.264 e. The van der Waals surface area contributed by atoms with E-state index in [0.717, 1.165) is 24.1 Å². The molecule has 0 radical (unpaired) electrons. The van der Waals surface area contributed by atoms with Crippen LogP contribution >= 0.6 is 0 Å². The van der Waals surface area contributed by atoms with Crippen LogP contribution in [0.15, 0.2) is 53.4 Å². The van der Waals surface area contributed by atoms with E-state index < -0.39 is 10.0 Å². The first-order valence-electron chi connectivity index (χ1n) is 6.80. The van der Waals surface area contributed by atoms with Crippen LogP contribution in [0, 0.1) is 0 Å². The zero-order valence-electron chi connectivity index (χ0n) is 11.5. The summed E-state index contributed by atoms with van der Waals surface area (Å²) in [5, 5.41) is 0. The Morgan fingerprint density at radius 2 is 1.76 bits per heavy atom. The predicted octanol–water partition coefficient (Wildman–Crippen LogP) is 2.11. The van der Waals surface area contributed by atoms with E-state index in [1.165, 1.54) is 4.31 Å². The summed E-state index contributed by atoms with van der Waals surface area (Å²) in [6.07, 6.45) is 1.75. The van der Waals surface area contributed by atoms with Gasteiger partial charge in [-0.2, -0.15) is 0 Å². The third kappa shape index (κ3) is 2.48. The summed E-state index contributed by atoms with van der Waals surface area (Å²) >= 11 is 0. The molecular formula is C15H17N3O2S. The van der Waals surface area contributed by atoms with Crippen molar-refractivity contribution in [1.82, 2.24) is 0 Å². The first-order valence-corrected chi connectivity index (χ1v) is 8.24. The minimum atomic E-state index is -3.54. The van der Waals surface area contributed by atoms with Gasteiger partial charge >= 0.3 is 0 Å². The van der Waals surface area contributed by atoms with Crippen LogP contribution in [0.5, 0.6) is 0 Å². The van der Waals surface area contributed by atoms with E-state index in [4.69, 9.17) is 5.84 Å². The molecule has 2 aromatic carbocycles. The van der Waals surface area contributed by atoms with Gasteiger partial charge in [-0.25, -0.2) is 8.42 Å². The van der Waals surface area contributed by atoms with Gasteiger partial charge in [0.2, 0.25) is 0 Å². The van der Waals surface area contributed by atoms with Gasteiger partial charge in [-0.3, -0.25) is 10.1 Å². The molecule has 2 aromatic rings. The first-order chi connectivity index (χ1) is 10.1. The lowest BCUT2D eigenvalue weighted by Gasteiger charge is -2.30. The number of anilines is 2. The third-order valence-corrected chi connectivity index (χ3v) is 5.50. The molecule has 0 aliphatic carbocycles. The highest BCUT2D eigenvalue weighted by atomic mass is 32.2. The van der Waals surface area contributed by atoms with Crippen LogP contribution in [-0.4, -0.2) is 15.0 Å². The molecule has 0 saturated heterocycles. The normalized spacial score (nSPS) is 14.6. The van der Waals surface area contributed by atoms with E-state index in [0.29, 0.717) is 12.2 Å². The number of sulfonamides is 1. The van der Waals surface area contributed by atoms with E-state index >= 15 is 0 Å². The molecule has 3 rings (SSSR count). The predicted molar refractivity (Wildman–Crippen MR) is 83.5 cm³/mol. The van der Waals surface area contributed by atoms with Gasteiger partial charge in [0.15, 0.2) is 0 Å². The molecule has 3 N–H and O–H groups in total. The highest BCUT2D eigenvalue weighted by molar-refractivity contribution is 7.92. The van der Waals surface area contributed by atoms with Gasteiger partial charge in [-0.05, 0) is 48.7 Å². The molecule has 1 aliphatic rings. The smallest absolute Gasteiger partial charge is 0.264 e. The average molecular weight is 303 g/mol. The molecule has 0 bridgehead atoms. The molecule has 0 saturated carbocycles. The second-order valence-electron chi connectivity index (χ2n) is 4.98. The summed E-state index contributed by atoms with van der Waals surface area (Å²) in [6, 6.07) is 14.1. The molecule has 0 amide bonds. The number of fused-ring (bicyclic) bond motifs is 1. The molecule has 21 heavy (non-hydrogen) atoms. The Morgan fingerprint density at radius 1 is 1.05 bits per heavy atom. The fourth-order valence-electron chi connectivity index (χ4n) is 2.60. The SMILES string of the molecule is NNc1ccc(S(=O)(=O)N2CCCc3ccccc32)cc1. The molecule has 1 aliphatic heterocycles. The summed E-state index contributed by atoms with van der Waals surface area (Å²) < 4.78 is 27.1. The fraction of sp³-hybridized carbons (Fsp3) is 0.200. The Balaban J connectivity index is 2.02. The lowest BCUT2D eigenvalue weighted by Crippen LogP contribution is -2.35. The summed E-state index contributed by atoms with van der Waals surface area (Å²) in [6.45, 7) is 0.510. The summed E-state index contributed by atoms with van der Waals surface area (Å²) in [5.41, 5.74) is 5.03. The van der Waals surface area contributed by atoms with Crippen LogP contribution in [0.2, 0.25) is 0 Å². The van der Waals surface area contributed by atoms with Gasteiger partial charge in [0, 0.05) is 12.2 Å². The highest BCUT2D eigenvalue weighted by Crippen LogP contribution is 2.31. The molecule has 5 nitrogen and oxygen atoms in total. The number of hydrogen-bond donors (Lipinski definition) is 2. The maximum absolute atomic E-state index is 12.8.